The highest BCUT2D eigenvalue weighted by Gasteiger charge is 2.07. The minimum absolute atomic E-state index is 0.418. The van der Waals surface area contributed by atoms with Crippen molar-refractivity contribution < 1.29 is 4.79 Å². The smallest absolute Gasteiger partial charge is 0.265 e. The average Bonchev–Trinajstić information content (AvgIpc) is 2.47. The van der Waals surface area contributed by atoms with E-state index in [4.69, 9.17) is 5.73 Å². The van der Waals surface area contributed by atoms with E-state index in [0.29, 0.717) is 5.69 Å². The summed E-state index contributed by atoms with van der Waals surface area (Å²) in [5, 5.41) is 1.06. The molecule has 0 saturated carbocycles. The van der Waals surface area contributed by atoms with Crippen LogP contribution in [0.15, 0.2) is 18.2 Å². The molecule has 2 rings (SSSR count). The van der Waals surface area contributed by atoms with Gasteiger partial charge in [0.05, 0.1) is 0 Å². The number of hydrogen-bond donors (Lipinski definition) is 2. The van der Waals surface area contributed by atoms with Crippen LogP contribution in [0.3, 0.4) is 0 Å². The summed E-state index contributed by atoms with van der Waals surface area (Å²) in [6.45, 7) is 4.05. The predicted octanol–water partition coefficient (Wildman–Crippen LogP) is 1.88. The normalized spacial score (nSPS) is 10.7. The maximum atomic E-state index is 11.0. The van der Waals surface area contributed by atoms with Crippen molar-refractivity contribution in [3.63, 3.8) is 0 Å². The lowest BCUT2D eigenvalue weighted by atomic mass is 10.1. The topological polar surface area (TPSA) is 58.9 Å². The Morgan fingerprint density at radius 3 is 2.64 bits per heavy atom. The standard InChI is InChI=1S/C11H12N2O/c1-6-3-7(2)8-5-10(11(12)14)13-9(8)4-6/h3-5,13H,1-2H3,(H2,12,14). The van der Waals surface area contributed by atoms with Gasteiger partial charge in [-0.2, -0.15) is 0 Å². The number of carbonyl (C=O) groups is 1. The third-order valence-corrected chi connectivity index (χ3v) is 2.35. The van der Waals surface area contributed by atoms with Gasteiger partial charge in [-0.25, -0.2) is 0 Å². The van der Waals surface area contributed by atoms with Gasteiger partial charge in [0.15, 0.2) is 0 Å². The molecule has 3 nitrogen and oxygen atoms in total. The molecule has 0 aliphatic rings. The highest BCUT2D eigenvalue weighted by atomic mass is 16.1. The monoisotopic (exact) mass is 188 g/mol. The number of fused-ring (bicyclic) bond motifs is 1. The molecule has 0 atom stereocenters. The Kier molecular flexibility index (Phi) is 1.81. The lowest BCUT2D eigenvalue weighted by Gasteiger charge is -1.97. The number of rotatable bonds is 1. The second-order valence-corrected chi connectivity index (χ2v) is 3.59. The molecule has 3 N–H and O–H groups in total. The van der Waals surface area contributed by atoms with E-state index in [0.717, 1.165) is 16.5 Å². The Morgan fingerprint density at radius 2 is 2.00 bits per heavy atom. The largest absolute Gasteiger partial charge is 0.364 e. The number of aromatic nitrogens is 1. The zero-order valence-corrected chi connectivity index (χ0v) is 8.22. The van der Waals surface area contributed by atoms with Gasteiger partial charge in [0.1, 0.15) is 5.69 Å². The number of hydrogen-bond acceptors (Lipinski definition) is 1. The minimum atomic E-state index is -0.418. The molecule has 0 aliphatic carbocycles. The molecule has 2 aromatic rings. The Morgan fingerprint density at radius 1 is 1.29 bits per heavy atom. The van der Waals surface area contributed by atoms with Gasteiger partial charge < -0.3 is 10.7 Å². The first-order valence-electron chi connectivity index (χ1n) is 4.47. The van der Waals surface area contributed by atoms with Gasteiger partial charge in [-0.3, -0.25) is 4.79 Å². The molecule has 1 aromatic carbocycles. The molecule has 14 heavy (non-hydrogen) atoms. The fourth-order valence-corrected chi connectivity index (χ4v) is 1.73. The molecule has 1 aromatic heterocycles. The molecule has 0 bridgehead atoms. The maximum Gasteiger partial charge on any atom is 0.265 e. The summed E-state index contributed by atoms with van der Waals surface area (Å²) < 4.78 is 0. The lowest BCUT2D eigenvalue weighted by Crippen LogP contribution is -2.10. The summed E-state index contributed by atoms with van der Waals surface area (Å²) in [4.78, 5) is 14.0. The van der Waals surface area contributed by atoms with Crippen LogP contribution >= 0.6 is 0 Å². The number of nitrogens with one attached hydrogen (secondary N) is 1. The number of amides is 1. The van der Waals surface area contributed by atoms with Crippen molar-refractivity contribution >= 4 is 16.8 Å². The fraction of sp³-hybridized carbons (Fsp3) is 0.182. The predicted molar refractivity (Wildman–Crippen MR) is 56.3 cm³/mol. The van der Waals surface area contributed by atoms with Crippen LogP contribution in [0.2, 0.25) is 0 Å². The van der Waals surface area contributed by atoms with Crippen LogP contribution in [0.5, 0.6) is 0 Å². The third-order valence-electron chi connectivity index (χ3n) is 2.35. The zero-order chi connectivity index (χ0) is 10.3. The molecule has 0 fully saturated rings. The molecule has 1 heterocycles. The fourth-order valence-electron chi connectivity index (χ4n) is 1.73. The second-order valence-electron chi connectivity index (χ2n) is 3.59. The van der Waals surface area contributed by atoms with Gasteiger partial charge in [0.2, 0.25) is 0 Å². The summed E-state index contributed by atoms with van der Waals surface area (Å²) in [5.41, 5.74) is 8.96. The van der Waals surface area contributed by atoms with Crippen molar-refractivity contribution in [2.24, 2.45) is 5.73 Å². The number of aryl methyl sites for hydroxylation is 2. The van der Waals surface area contributed by atoms with E-state index in [1.54, 1.807) is 6.07 Å². The average molecular weight is 188 g/mol. The number of H-pyrrole nitrogens is 1. The number of aromatic amines is 1. The van der Waals surface area contributed by atoms with Crippen molar-refractivity contribution in [3.8, 4) is 0 Å². The van der Waals surface area contributed by atoms with Crippen LogP contribution in [0.1, 0.15) is 21.6 Å². The molecule has 3 heteroatoms. The number of nitrogens with two attached hydrogens (primary N) is 1. The van der Waals surface area contributed by atoms with Gasteiger partial charge in [-0.15, -0.1) is 0 Å². The first kappa shape index (κ1) is 8.81. The summed E-state index contributed by atoms with van der Waals surface area (Å²) in [6, 6.07) is 5.89. The second kappa shape index (κ2) is 2.87. The molecule has 0 unspecified atom stereocenters. The Bertz CT molecular complexity index is 511. The van der Waals surface area contributed by atoms with Crippen LogP contribution in [0.25, 0.3) is 10.9 Å². The van der Waals surface area contributed by atoms with Crippen molar-refractivity contribution in [1.82, 2.24) is 4.98 Å². The highest BCUT2D eigenvalue weighted by Crippen LogP contribution is 2.20. The van der Waals surface area contributed by atoms with E-state index in [-0.39, 0.29) is 0 Å². The van der Waals surface area contributed by atoms with Crippen LogP contribution in [-0.4, -0.2) is 10.9 Å². The van der Waals surface area contributed by atoms with E-state index in [1.165, 1.54) is 5.56 Å². The summed E-state index contributed by atoms with van der Waals surface area (Å²) in [5.74, 6) is -0.418. The quantitative estimate of drug-likeness (QED) is 0.705. The molecule has 0 spiro atoms. The molecule has 0 radical (unpaired) electrons. The number of primary amides is 1. The molecule has 0 saturated heterocycles. The maximum absolute atomic E-state index is 11.0. The first-order chi connectivity index (χ1) is 6.58. The highest BCUT2D eigenvalue weighted by molar-refractivity contribution is 5.98. The minimum Gasteiger partial charge on any atom is -0.364 e. The van der Waals surface area contributed by atoms with Crippen LogP contribution in [0.4, 0.5) is 0 Å². The van der Waals surface area contributed by atoms with Crippen molar-refractivity contribution in [2.75, 3.05) is 0 Å². The van der Waals surface area contributed by atoms with E-state index in [9.17, 15) is 4.79 Å². The van der Waals surface area contributed by atoms with E-state index in [1.807, 2.05) is 19.9 Å². The molecule has 72 valence electrons. The first-order valence-corrected chi connectivity index (χ1v) is 4.47. The number of benzene rings is 1. The van der Waals surface area contributed by atoms with Gasteiger partial charge in [-0.1, -0.05) is 6.07 Å². The Hall–Kier alpha value is -1.77. The molecule has 1 amide bonds. The zero-order valence-electron chi connectivity index (χ0n) is 8.22. The van der Waals surface area contributed by atoms with Crippen molar-refractivity contribution in [2.45, 2.75) is 13.8 Å². The van der Waals surface area contributed by atoms with Gasteiger partial charge in [0.25, 0.3) is 5.91 Å². The molecular weight excluding hydrogens is 176 g/mol. The number of carbonyl (C=O) groups excluding carboxylic acids is 1. The van der Waals surface area contributed by atoms with Gasteiger partial charge >= 0.3 is 0 Å². The summed E-state index contributed by atoms with van der Waals surface area (Å²) in [6.07, 6.45) is 0. The van der Waals surface area contributed by atoms with E-state index in [2.05, 4.69) is 11.1 Å². The lowest BCUT2D eigenvalue weighted by molar-refractivity contribution is 0.0996. The summed E-state index contributed by atoms with van der Waals surface area (Å²) >= 11 is 0. The van der Waals surface area contributed by atoms with Crippen molar-refractivity contribution in [3.05, 3.63) is 35.0 Å². The van der Waals surface area contributed by atoms with Crippen molar-refractivity contribution in [1.29, 1.82) is 0 Å². The molecular formula is C11H12N2O. The van der Waals surface area contributed by atoms with Crippen LogP contribution in [-0.2, 0) is 0 Å². The van der Waals surface area contributed by atoms with Crippen LogP contribution in [0, 0.1) is 13.8 Å². The SMILES string of the molecule is Cc1cc(C)c2cc(C(N)=O)[nH]c2c1. The third kappa shape index (κ3) is 1.27. The van der Waals surface area contributed by atoms with E-state index >= 15 is 0 Å². The van der Waals surface area contributed by atoms with Crippen LogP contribution < -0.4 is 5.73 Å². The van der Waals surface area contributed by atoms with Gasteiger partial charge in [-0.05, 0) is 37.1 Å². The molecule has 0 aliphatic heterocycles. The summed E-state index contributed by atoms with van der Waals surface area (Å²) in [7, 11) is 0. The Balaban J connectivity index is 2.76. The van der Waals surface area contributed by atoms with Gasteiger partial charge in [0, 0.05) is 10.9 Å². The van der Waals surface area contributed by atoms with E-state index < -0.39 is 5.91 Å². The Labute approximate surface area is 81.9 Å².